The van der Waals surface area contributed by atoms with Crippen molar-refractivity contribution in [2.75, 3.05) is 0 Å². The van der Waals surface area contributed by atoms with Crippen LogP contribution in [0.2, 0.25) is 0 Å². The second-order valence-corrected chi connectivity index (χ2v) is 6.41. The molecule has 2 fully saturated rings. The predicted octanol–water partition coefficient (Wildman–Crippen LogP) is 4.89. The van der Waals surface area contributed by atoms with Crippen molar-refractivity contribution < 1.29 is 0 Å². The summed E-state index contributed by atoms with van der Waals surface area (Å²) in [7, 11) is 0. The molecule has 2 saturated carbocycles. The quantitative estimate of drug-likeness (QED) is 0.606. The summed E-state index contributed by atoms with van der Waals surface area (Å²) in [5, 5.41) is 0. The van der Waals surface area contributed by atoms with Gasteiger partial charge in [0.05, 0.1) is 0 Å². The fourth-order valence-corrected chi connectivity index (χ4v) is 4.24. The van der Waals surface area contributed by atoms with Crippen LogP contribution < -0.4 is 0 Å². The largest absolute Gasteiger partial charge is 0.0651 e. The van der Waals surface area contributed by atoms with Gasteiger partial charge in [-0.25, -0.2) is 0 Å². The first kappa shape index (κ1) is 11.5. The van der Waals surface area contributed by atoms with Crippen molar-refractivity contribution >= 4 is 0 Å². The van der Waals surface area contributed by atoms with Crippen molar-refractivity contribution in [2.45, 2.75) is 65.7 Å². The topological polar surface area (TPSA) is 0 Å². The van der Waals surface area contributed by atoms with Crippen LogP contribution in [-0.2, 0) is 0 Å². The summed E-state index contributed by atoms with van der Waals surface area (Å²) in [5.74, 6) is 5.26. The molecule has 0 N–H and O–H groups in total. The maximum Gasteiger partial charge on any atom is -0.0360 e. The Morgan fingerprint density at radius 2 is 1.73 bits per heavy atom. The highest BCUT2D eigenvalue weighted by Crippen LogP contribution is 2.45. The first-order chi connectivity index (χ1) is 7.20. The van der Waals surface area contributed by atoms with E-state index in [2.05, 4.69) is 20.8 Å². The lowest BCUT2D eigenvalue weighted by atomic mass is 9.68. The van der Waals surface area contributed by atoms with Crippen LogP contribution in [0.4, 0.5) is 0 Å². The molecule has 0 heterocycles. The first-order valence-corrected chi connectivity index (χ1v) is 7.20. The summed E-state index contributed by atoms with van der Waals surface area (Å²) in [6.07, 6.45) is 10.6. The SMILES string of the molecule is CCC1CCC(C2CCC(C)C2)C(C)C1. The Balaban J connectivity index is 1.88. The van der Waals surface area contributed by atoms with Gasteiger partial charge in [0.15, 0.2) is 0 Å². The summed E-state index contributed by atoms with van der Waals surface area (Å²) >= 11 is 0. The van der Waals surface area contributed by atoms with Crippen LogP contribution in [0.3, 0.4) is 0 Å². The van der Waals surface area contributed by atoms with Crippen LogP contribution in [0, 0.1) is 29.6 Å². The molecule has 0 aromatic carbocycles. The summed E-state index contributed by atoms with van der Waals surface area (Å²) < 4.78 is 0. The standard InChI is InChI=1S/C15H28/c1-4-13-6-8-15(12(3)10-13)14-7-5-11(2)9-14/h11-15H,4-10H2,1-3H3. The van der Waals surface area contributed by atoms with Gasteiger partial charge in [0.1, 0.15) is 0 Å². The van der Waals surface area contributed by atoms with Gasteiger partial charge in [0.25, 0.3) is 0 Å². The van der Waals surface area contributed by atoms with Crippen LogP contribution in [0.1, 0.15) is 65.7 Å². The highest BCUT2D eigenvalue weighted by Gasteiger charge is 2.35. The van der Waals surface area contributed by atoms with Crippen molar-refractivity contribution in [3.05, 3.63) is 0 Å². The van der Waals surface area contributed by atoms with E-state index < -0.39 is 0 Å². The Bertz CT molecular complexity index is 196. The fraction of sp³-hybridized carbons (Fsp3) is 1.00. The minimum Gasteiger partial charge on any atom is -0.0651 e. The zero-order chi connectivity index (χ0) is 10.8. The third kappa shape index (κ3) is 2.57. The highest BCUT2D eigenvalue weighted by atomic mass is 14.4. The number of hydrogen-bond donors (Lipinski definition) is 0. The van der Waals surface area contributed by atoms with Gasteiger partial charge in [-0.15, -0.1) is 0 Å². The monoisotopic (exact) mass is 208 g/mol. The Kier molecular flexibility index (Phi) is 3.74. The van der Waals surface area contributed by atoms with Gasteiger partial charge in [-0.3, -0.25) is 0 Å². The van der Waals surface area contributed by atoms with Crippen molar-refractivity contribution in [1.29, 1.82) is 0 Å². The molecule has 0 aromatic heterocycles. The van der Waals surface area contributed by atoms with Gasteiger partial charge in [0, 0.05) is 0 Å². The second-order valence-electron chi connectivity index (χ2n) is 6.41. The molecule has 0 aromatic rings. The molecule has 0 amide bonds. The van der Waals surface area contributed by atoms with Gasteiger partial charge >= 0.3 is 0 Å². The van der Waals surface area contributed by atoms with E-state index in [0.717, 1.165) is 29.6 Å². The zero-order valence-corrected chi connectivity index (χ0v) is 10.8. The minimum atomic E-state index is 1.01. The Morgan fingerprint density at radius 3 is 2.27 bits per heavy atom. The van der Waals surface area contributed by atoms with Crippen LogP contribution in [0.5, 0.6) is 0 Å². The van der Waals surface area contributed by atoms with Crippen LogP contribution in [0.15, 0.2) is 0 Å². The molecule has 0 aliphatic heterocycles. The molecule has 0 bridgehead atoms. The Morgan fingerprint density at radius 1 is 0.933 bits per heavy atom. The maximum absolute atomic E-state index is 2.52. The van der Waals surface area contributed by atoms with Crippen LogP contribution in [0.25, 0.3) is 0 Å². The number of hydrogen-bond acceptors (Lipinski definition) is 0. The normalized spacial score (nSPS) is 47.0. The van der Waals surface area contributed by atoms with Crippen molar-refractivity contribution in [2.24, 2.45) is 29.6 Å². The molecule has 0 heteroatoms. The lowest BCUT2D eigenvalue weighted by molar-refractivity contribution is 0.132. The van der Waals surface area contributed by atoms with Gasteiger partial charge in [-0.2, -0.15) is 0 Å². The number of rotatable bonds is 2. The van der Waals surface area contributed by atoms with Gasteiger partial charge in [0.2, 0.25) is 0 Å². The summed E-state index contributed by atoms with van der Waals surface area (Å²) in [4.78, 5) is 0. The van der Waals surface area contributed by atoms with Crippen LogP contribution in [-0.4, -0.2) is 0 Å². The van der Waals surface area contributed by atoms with Crippen molar-refractivity contribution in [1.82, 2.24) is 0 Å². The van der Waals surface area contributed by atoms with Crippen molar-refractivity contribution in [3.8, 4) is 0 Å². The molecule has 2 aliphatic rings. The molecule has 0 spiro atoms. The average Bonchev–Trinajstić information content (AvgIpc) is 2.64. The molecule has 88 valence electrons. The Hall–Kier alpha value is 0. The van der Waals surface area contributed by atoms with Gasteiger partial charge in [-0.1, -0.05) is 40.0 Å². The molecule has 15 heavy (non-hydrogen) atoms. The third-order valence-electron chi connectivity index (χ3n) is 5.26. The van der Waals surface area contributed by atoms with E-state index in [-0.39, 0.29) is 0 Å². The Labute approximate surface area is 95.8 Å². The molecular formula is C15H28. The van der Waals surface area contributed by atoms with Gasteiger partial charge < -0.3 is 0 Å². The molecule has 0 saturated heterocycles. The predicted molar refractivity (Wildman–Crippen MR) is 66.8 cm³/mol. The molecule has 2 aliphatic carbocycles. The van der Waals surface area contributed by atoms with E-state index >= 15 is 0 Å². The van der Waals surface area contributed by atoms with E-state index in [9.17, 15) is 0 Å². The van der Waals surface area contributed by atoms with E-state index in [1.165, 1.54) is 44.9 Å². The summed E-state index contributed by atoms with van der Waals surface area (Å²) in [5.41, 5.74) is 0. The van der Waals surface area contributed by atoms with Crippen molar-refractivity contribution in [3.63, 3.8) is 0 Å². The molecule has 2 rings (SSSR count). The molecule has 0 nitrogen and oxygen atoms in total. The van der Waals surface area contributed by atoms with E-state index in [1.807, 2.05) is 0 Å². The van der Waals surface area contributed by atoms with E-state index in [0.29, 0.717) is 0 Å². The molecule has 0 radical (unpaired) electrons. The fourth-order valence-electron chi connectivity index (χ4n) is 4.24. The van der Waals surface area contributed by atoms with Crippen LogP contribution >= 0.6 is 0 Å². The third-order valence-corrected chi connectivity index (χ3v) is 5.26. The average molecular weight is 208 g/mol. The summed E-state index contributed by atoms with van der Waals surface area (Å²) in [6, 6.07) is 0. The highest BCUT2D eigenvalue weighted by molar-refractivity contribution is 4.85. The smallest absolute Gasteiger partial charge is 0.0360 e. The maximum atomic E-state index is 2.52. The second kappa shape index (κ2) is 4.89. The minimum absolute atomic E-state index is 1.01. The molecule has 5 atom stereocenters. The lowest BCUT2D eigenvalue weighted by Gasteiger charge is -2.37. The zero-order valence-electron chi connectivity index (χ0n) is 10.8. The van der Waals surface area contributed by atoms with E-state index in [1.54, 1.807) is 0 Å². The van der Waals surface area contributed by atoms with Gasteiger partial charge in [-0.05, 0) is 55.3 Å². The van der Waals surface area contributed by atoms with E-state index in [4.69, 9.17) is 0 Å². The molecule has 5 unspecified atom stereocenters. The molecular weight excluding hydrogens is 180 g/mol. The lowest BCUT2D eigenvalue weighted by Crippen LogP contribution is -2.27. The summed E-state index contributed by atoms with van der Waals surface area (Å²) in [6.45, 7) is 7.34. The first-order valence-electron chi connectivity index (χ1n) is 7.20.